The Hall–Kier alpha value is -2.34. The van der Waals surface area contributed by atoms with Gasteiger partial charge in [-0.25, -0.2) is 0 Å². The fourth-order valence-electron chi connectivity index (χ4n) is 3.45. The van der Waals surface area contributed by atoms with Gasteiger partial charge in [0.15, 0.2) is 0 Å². The number of hydrogen-bond donors (Lipinski definition) is 0. The fourth-order valence-corrected chi connectivity index (χ4v) is 3.45. The third-order valence-corrected chi connectivity index (χ3v) is 5.03. The molecular formula is C25H28. The molecule has 0 radical (unpaired) electrons. The molecule has 0 aliphatic rings. The zero-order valence-corrected chi connectivity index (χ0v) is 15.5. The lowest BCUT2D eigenvalue weighted by molar-refractivity contribution is 0.686. The molecule has 0 aromatic heterocycles. The summed E-state index contributed by atoms with van der Waals surface area (Å²) in [5, 5.41) is 2.63. The van der Waals surface area contributed by atoms with Crippen LogP contribution in [0, 0.1) is 13.8 Å². The van der Waals surface area contributed by atoms with Gasteiger partial charge in [0, 0.05) is 0 Å². The third kappa shape index (κ3) is 4.39. The monoisotopic (exact) mass is 328 g/mol. The lowest BCUT2D eigenvalue weighted by atomic mass is 9.95. The van der Waals surface area contributed by atoms with Crippen LogP contribution in [0.1, 0.15) is 42.4 Å². The summed E-state index contributed by atoms with van der Waals surface area (Å²) in [5.41, 5.74) is 6.84. The van der Waals surface area contributed by atoms with Gasteiger partial charge < -0.3 is 0 Å². The van der Waals surface area contributed by atoms with Gasteiger partial charge in [0.1, 0.15) is 0 Å². The molecule has 3 rings (SSSR count). The van der Waals surface area contributed by atoms with E-state index in [1.807, 2.05) is 6.08 Å². The van der Waals surface area contributed by atoms with E-state index in [2.05, 4.69) is 75.0 Å². The second-order valence-corrected chi connectivity index (χ2v) is 7.09. The van der Waals surface area contributed by atoms with Crippen LogP contribution in [0.5, 0.6) is 0 Å². The molecule has 0 bridgehead atoms. The topological polar surface area (TPSA) is 0 Å². The van der Waals surface area contributed by atoms with Crippen LogP contribution in [-0.4, -0.2) is 0 Å². The maximum absolute atomic E-state index is 3.80. The molecule has 0 unspecified atom stereocenters. The molecular weight excluding hydrogens is 300 g/mol. The van der Waals surface area contributed by atoms with Crippen molar-refractivity contribution >= 4 is 10.8 Å². The van der Waals surface area contributed by atoms with Crippen molar-refractivity contribution in [3.05, 3.63) is 83.9 Å². The predicted molar refractivity (Wildman–Crippen MR) is 111 cm³/mol. The lowest BCUT2D eigenvalue weighted by Gasteiger charge is -2.10. The summed E-state index contributed by atoms with van der Waals surface area (Å²) in [7, 11) is 0. The van der Waals surface area contributed by atoms with Gasteiger partial charge in [0.25, 0.3) is 0 Å². The van der Waals surface area contributed by atoms with Crippen LogP contribution < -0.4 is 0 Å². The largest absolute Gasteiger partial charge is 0.103 e. The molecule has 25 heavy (non-hydrogen) atoms. The van der Waals surface area contributed by atoms with Crippen LogP contribution in [-0.2, 0) is 6.42 Å². The molecule has 0 spiro atoms. The Labute approximate surface area is 152 Å². The van der Waals surface area contributed by atoms with Gasteiger partial charge in [-0.3, -0.25) is 0 Å². The predicted octanol–water partition coefficient (Wildman–Crippen LogP) is 7.41. The molecule has 0 aliphatic heterocycles. The summed E-state index contributed by atoms with van der Waals surface area (Å²) in [6, 6.07) is 20.4. The second-order valence-electron chi connectivity index (χ2n) is 7.09. The molecule has 0 heterocycles. The SMILES string of the molecule is C=CCCCCCc1cc(-c2ccc3cc(C)ccc3c2)ccc1C. The summed E-state index contributed by atoms with van der Waals surface area (Å²) in [4.78, 5) is 0. The van der Waals surface area contributed by atoms with Gasteiger partial charge in [0.2, 0.25) is 0 Å². The Morgan fingerprint density at radius 3 is 2.32 bits per heavy atom. The second kappa shape index (κ2) is 8.16. The van der Waals surface area contributed by atoms with Crippen LogP contribution in [0.2, 0.25) is 0 Å². The highest BCUT2D eigenvalue weighted by Crippen LogP contribution is 2.27. The zero-order chi connectivity index (χ0) is 17.6. The average Bonchev–Trinajstić information content (AvgIpc) is 2.62. The minimum absolute atomic E-state index is 1.13. The highest BCUT2D eigenvalue weighted by atomic mass is 14.1. The van der Waals surface area contributed by atoms with Gasteiger partial charge >= 0.3 is 0 Å². The Balaban J connectivity index is 1.81. The summed E-state index contributed by atoms with van der Waals surface area (Å²) in [5.74, 6) is 0. The van der Waals surface area contributed by atoms with Crippen molar-refractivity contribution < 1.29 is 0 Å². The Bertz CT molecular complexity index is 870. The molecule has 0 saturated carbocycles. The van der Waals surface area contributed by atoms with Crippen LogP contribution in [0.3, 0.4) is 0 Å². The third-order valence-electron chi connectivity index (χ3n) is 5.03. The summed E-state index contributed by atoms with van der Waals surface area (Å²) < 4.78 is 0. The van der Waals surface area contributed by atoms with Gasteiger partial charge in [-0.1, -0.05) is 66.6 Å². The van der Waals surface area contributed by atoms with E-state index < -0.39 is 0 Å². The molecule has 0 saturated heterocycles. The van der Waals surface area contributed by atoms with Crippen LogP contribution >= 0.6 is 0 Å². The number of benzene rings is 3. The maximum atomic E-state index is 3.80. The standard InChI is InChI=1S/C25H28/c1-4-5-6-7-8-9-21-17-24(13-11-20(21)3)25-15-14-22-16-19(2)10-12-23(22)18-25/h4,10-18H,1,5-9H2,2-3H3. The first-order chi connectivity index (χ1) is 12.2. The molecule has 0 atom stereocenters. The van der Waals surface area contributed by atoms with E-state index in [4.69, 9.17) is 0 Å². The normalized spacial score (nSPS) is 11.0. The molecule has 0 N–H and O–H groups in total. The van der Waals surface area contributed by atoms with E-state index in [-0.39, 0.29) is 0 Å². The molecule has 3 aromatic rings. The molecule has 0 amide bonds. The van der Waals surface area contributed by atoms with Gasteiger partial charge in [-0.05, 0) is 78.6 Å². The highest BCUT2D eigenvalue weighted by molar-refractivity contribution is 5.87. The summed E-state index contributed by atoms with van der Waals surface area (Å²) >= 11 is 0. The summed E-state index contributed by atoms with van der Waals surface area (Å²) in [6.45, 7) is 8.18. The maximum Gasteiger partial charge on any atom is -0.0178 e. The first-order valence-corrected chi connectivity index (χ1v) is 9.38. The van der Waals surface area contributed by atoms with Crippen molar-refractivity contribution in [2.45, 2.75) is 46.0 Å². The van der Waals surface area contributed by atoms with E-state index in [0.717, 1.165) is 6.42 Å². The van der Waals surface area contributed by atoms with Crippen molar-refractivity contribution in [2.24, 2.45) is 0 Å². The van der Waals surface area contributed by atoms with Crippen molar-refractivity contribution in [2.75, 3.05) is 0 Å². The van der Waals surface area contributed by atoms with E-state index >= 15 is 0 Å². The minimum Gasteiger partial charge on any atom is -0.103 e. The zero-order valence-electron chi connectivity index (χ0n) is 15.5. The van der Waals surface area contributed by atoms with E-state index in [1.165, 1.54) is 64.3 Å². The van der Waals surface area contributed by atoms with Crippen molar-refractivity contribution in [1.29, 1.82) is 0 Å². The first-order valence-electron chi connectivity index (χ1n) is 9.38. The molecule has 0 fully saturated rings. The lowest BCUT2D eigenvalue weighted by Crippen LogP contribution is -1.92. The Morgan fingerprint density at radius 1 is 0.760 bits per heavy atom. The van der Waals surface area contributed by atoms with Crippen LogP contribution in [0.15, 0.2) is 67.3 Å². The molecule has 0 nitrogen and oxygen atoms in total. The number of aryl methyl sites for hydroxylation is 3. The highest BCUT2D eigenvalue weighted by Gasteiger charge is 2.04. The number of rotatable bonds is 7. The molecule has 0 aliphatic carbocycles. The van der Waals surface area contributed by atoms with E-state index in [0.29, 0.717) is 0 Å². The first kappa shape index (κ1) is 17.5. The quantitative estimate of drug-likeness (QED) is 0.313. The van der Waals surface area contributed by atoms with E-state index in [9.17, 15) is 0 Å². The number of allylic oxidation sites excluding steroid dienone is 1. The summed E-state index contributed by atoms with van der Waals surface area (Å²) in [6.07, 6.45) is 8.12. The van der Waals surface area contributed by atoms with Gasteiger partial charge in [-0.15, -0.1) is 6.58 Å². The minimum atomic E-state index is 1.13. The Morgan fingerprint density at radius 2 is 1.48 bits per heavy atom. The number of fused-ring (bicyclic) bond motifs is 1. The van der Waals surface area contributed by atoms with E-state index in [1.54, 1.807) is 0 Å². The Kier molecular flexibility index (Phi) is 5.71. The van der Waals surface area contributed by atoms with Crippen molar-refractivity contribution in [1.82, 2.24) is 0 Å². The molecule has 128 valence electrons. The van der Waals surface area contributed by atoms with Crippen LogP contribution in [0.4, 0.5) is 0 Å². The molecule has 0 heteroatoms. The van der Waals surface area contributed by atoms with Crippen molar-refractivity contribution in [3.8, 4) is 11.1 Å². The van der Waals surface area contributed by atoms with Gasteiger partial charge in [0.05, 0.1) is 0 Å². The molecule has 3 aromatic carbocycles. The van der Waals surface area contributed by atoms with Crippen LogP contribution in [0.25, 0.3) is 21.9 Å². The van der Waals surface area contributed by atoms with Crippen molar-refractivity contribution in [3.63, 3.8) is 0 Å². The fraction of sp³-hybridized carbons (Fsp3) is 0.280. The number of unbranched alkanes of at least 4 members (excludes halogenated alkanes) is 3. The smallest absolute Gasteiger partial charge is 0.0178 e. The number of hydrogen-bond acceptors (Lipinski definition) is 0. The van der Waals surface area contributed by atoms with Gasteiger partial charge in [-0.2, -0.15) is 0 Å². The average molecular weight is 328 g/mol.